The molecule has 0 bridgehead atoms. The molecule has 20 heavy (non-hydrogen) atoms. The zero-order valence-electron chi connectivity index (χ0n) is 11.6. The molecule has 0 saturated carbocycles. The Bertz CT molecular complexity index is 575. The summed E-state index contributed by atoms with van der Waals surface area (Å²) in [4.78, 5) is 11.6. The molecule has 0 aliphatic rings. The van der Waals surface area contributed by atoms with E-state index in [1.165, 1.54) is 0 Å². The number of methoxy groups -OCH3 is 1. The molecule has 2 aromatic rings. The number of carbonyl (C=O) groups excluding carboxylic acids is 1. The highest BCUT2D eigenvalue weighted by molar-refractivity contribution is 6.30. The molecule has 1 atom stereocenters. The molecule has 0 aliphatic carbocycles. The van der Waals surface area contributed by atoms with Gasteiger partial charge in [-0.3, -0.25) is 0 Å². The van der Waals surface area contributed by atoms with E-state index in [1.807, 2.05) is 55.5 Å². The summed E-state index contributed by atoms with van der Waals surface area (Å²) in [5.41, 5.74) is 1.50. The lowest BCUT2D eigenvalue weighted by molar-refractivity contribution is -0.112. The fraction of sp³-hybridized carbons (Fsp3) is 0.235. The zero-order chi connectivity index (χ0) is 14.6. The van der Waals surface area contributed by atoms with Crippen molar-refractivity contribution in [2.24, 2.45) is 0 Å². The first-order valence-electron chi connectivity index (χ1n) is 6.43. The molecule has 0 N–H and O–H groups in total. The van der Waals surface area contributed by atoms with Crippen molar-refractivity contribution in [3.63, 3.8) is 0 Å². The molecule has 2 aromatic carbocycles. The Morgan fingerprint density at radius 1 is 1.10 bits per heavy atom. The molecule has 0 aliphatic heterocycles. The third-order valence-electron chi connectivity index (χ3n) is 3.49. The number of ether oxygens (including phenoxy) is 1. The highest BCUT2D eigenvalue weighted by Crippen LogP contribution is 2.28. The maximum atomic E-state index is 11.6. The van der Waals surface area contributed by atoms with E-state index in [2.05, 4.69) is 0 Å². The first-order valence-corrected chi connectivity index (χ1v) is 6.80. The molecule has 0 spiro atoms. The van der Waals surface area contributed by atoms with Crippen molar-refractivity contribution < 1.29 is 9.53 Å². The van der Waals surface area contributed by atoms with Gasteiger partial charge in [-0.1, -0.05) is 35.9 Å². The molecule has 0 heterocycles. The van der Waals surface area contributed by atoms with Crippen LogP contribution in [-0.4, -0.2) is 13.4 Å². The minimum Gasteiger partial charge on any atom is -0.497 e. The topological polar surface area (TPSA) is 26.3 Å². The standard InChI is InChI=1S/C17H17ClO2/c1-17(12-19,14-5-7-15(18)8-6-14)11-13-3-9-16(20-2)10-4-13/h3-10,12H,11H2,1-2H3/t17-/m0/s1. The number of hydrogen-bond acceptors (Lipinski definition) is 2. The van der Waals surface area contributed by atoms with Gasteiger partial charge in [-0.05, 0) is 48.7 Å². The molecular formula is C17H17ClO2. The van der Waals surface area contributed by atoms with Gasteiger partial charge in [0.1, 0.15) is 12.0 Å². The van der Waals surface area contributed by atoms with Crippen LogP contribution in [0.15, 0.2) is 48.5 Å². The van der Waals surface area contributed by atoms with E-state index in [0.717, 1.165) is 23.2 Å². The van der Waals surface area contributed by atoms with E-state index >= 15 is 0 Å². The number of aldehydes is 1. The fourth-order valence-electron chi connectivity index (χ4n) is 2.21. The maximum absolute atomic E-state index is 11.6. The van der Waals surface area contributed by atoms with Crippen molar-refractivity contribution >= 4 is 17.9 Å². The third kappa shape index (κ3) is 3.20. The average Bonchev–Trinajstić information content (AvgIpc) is 2.48. The Kier molecular flexibility index (Phi) is 4.46. The van der Waals surface area contributed by atoms with Gasteiger partial charge in [0.05, 0.1) is 12.5 Å². The predicted octanol–water partition coefficient (Wildman–Crippen LogP) is 4.05. The van der Waals surface area contributed by atoms with E-state index in [-0.39, 0.29) is 0 Å². The van der Waals surface area contributed by atoms with E-state index in [9.17, 15) is 4.79 Å². The second kappa shape index (κ2) is 6.10. The molecule has 0 saturated heterocycles. The minimum absolute atomic E-state index is 0.556. The first-order chi connectivity index (χ1) is 9.57. The summed E-state index contributed by atoms with van der Waals surface area (Å²) < 4.78 is 5.14. The largest absolute Gasteiger partial charge is 0.497 e. The molecule has 0 aromatic heterocycles. The number of benzene rings is 2. The summed E-state index contributed by atoms with van der Waals surface area (Å²) in [5, 5.41) is 0.673. The van der Waals surface area contributed by atoms with Gasteiger partial charge >= 0.3 is 0 Å². The van der Waals surface area contributed by atoms with Crippen molar-refractivity contribution in [3.05, 3.63) is 64.7 Å². The van der Waals surface area contributed by atoms with Crippen LogP contribution >= 0.6 is 11.6 Å². The lowest BCUT2D eigenvalue weighted by atomic mass is 9.79. The summed E-state index contributed by atoms with van der Waals surface area (Å²) in [6.07, 6.45) is 1.64. The number of rotatable bonds is 5. The van der Waals surface area contributed by atoms with Crippen molar-refractivity contribution in [1.82, 2.24) is 0 Å². The minimum atomic E-state index is -0.556. The number of halogens is 1. The molecule has 104 valence electrons. The van der Waals surface area contributed by atoms with E-state index in [4.69, 9.17) is 16.3 Å². The summed E-state index contributed by atoms with van der Waals surface area (Å²) in [6.45, 7) is 1.94. The van der Waals surface area contributed by atoms with Crippen LogP contribution < -0.4 is 4.74 Å². The van der Waals surface area contributed by atoms with Crippen molar-refractivity contribution in [2.75, 3.05) is 7.11 Å². The fourth-order valence-corrected chi connectivity index (χ4v) is 2.34. The van der Waals surface area contributed by atoms with Crippen LogP contribution in [0.4, 0.5) is 0 Å². The summed E-state index contributed by atoms with van der Waals surface area (Å²) >= 11 is 5.90. The quantitative estimate of drug-likeness (QED) is 0.776. The van der Waals surface area contributed by atoms with Crippen molar-refractivity contribution in [3.8, 4) is 5.75 Å². The second-order valence-electron chi connectivity index (χ2n) is 5.07. The van der Waals surface area contributed by atoms with Crippen LogP contribution in [0.1, 0.15) is 18.1 Å². The van der Waals surface area contributed by atoms with Gasteiger partial charge in [0.15, 0.2) is 0 Å². The van der Waals surface area contributed by atoms with Gasteiger partial charge in [0.25, 0.3) is 0 Å². The number of hydrogen-bond donors (Lipinski definition) is 0. The lowest BCUT2D eigenvalue weighted by Gasteiger charge is -2.24. The average molecular weight is 289 g/mol. The van der Waals surface area contributed by atoms with Gasteiger partial charge < -0.3 is 9.53 Å². The molecule has 3 heteroatoms. The second-order valence-corrected chi connectivity index (χ2v) is 5.50. The third-order valence-corrected chi connectivity index (χ3v) is 3.75. The highest BCUT2D eigenvalue weighted by atomic mass is 35.5. The normalized spacial score (nSPS) is 13.6. The van der Waals surface area contributed by atoms with Gasteiger partial charge in [-0.2, -0.15) is 0 Å². The molecular weight excluding hydrogens is 272 g/mol. The Morgan fingerprint density at radius 3 is 2.20 bits per heavy atom. The van der Waals surface area contributed by atoms with E-state index in [0.29, 0.717) is 11.4 Å². The van der Waals surface area contributed by atoms with Crippen LogP contribution in [0, 0.1) is 0 Å². The van der Waals surface area contributed by atoms with Crippen LogP contribution in [0.2, 0.25) is 5.02 Å². The highest BCUT2D eigenvalue weighted by Gasteiger charge is 2.26. The Balaban J connectivity index is 2.26. The van der Waals surface area contributed by atoms with E-state index in [1.54, 1.807) is 7.11 Å². The van der Waals surface area contributed by atoms with Crippen molar-refractivity contribution in [1.29, 1.82) is 0 Å². The zero-order valence-corrected chi connectivity index (χ0v) is 12.4. The van der Waals surface area contributed by atoms with Crippen molar-refractivity contribution in [2.45, 2.75) is 18.8 Å². The van der Waals surface area contributed by atoms with Crippen LogP contribution in [0.5, 0.6) is 5.75 Å². The summed E-state index contributed by atoms with van der Waals surface area (Å²) in [5.74, 6) is 0.813. The summed E-state index contributed by atoms with van der Waals surface area (Å²) in [7, 11) is 1.64. The van der Waals surface area contributed by atoms with Gasteiger partial charge in [-0.15, -0.1) is 0 Å². The molecule has 0 radical (unpaired) electrons. The Labute approximate surface area is 124 Å². The van der Waals surface area contributed by atoms with Crippen LogP contribution in [-0.2, 0) is 16.6 Å². The molecule has 0 fully saturated rings. The van der Waals surface area contributed by atoms with Gasteiger partial charge in [0.2, 0.25) is 0 Å². The maximum Gasteiger partial charge on any atom is 0.130 e. The predicted molar refractivity (Wildman–Crippen MR) is 81.6 cm³/mol. The Morgan fingerprint density at radius 2 is 1.70 bits per heavy atom. The summed E-state index contributed by atoms with van der Waals surface area (Å²) in [6, 6.07) is 15.2. The lowest BCUT2D eigenvalue weighted by Crippen LogP contribution is -2.26. The SMILES string of the molecule is COc1ccc(C[C@@](C)(C=O)c2ccc(Cl)cc2)cc1. The van der Waals surface area contributed by atoms with Crippen LogP contribution in [0.3, 0.4) is 0 Å². The van der Waals surface area contributed by atoms with Gasteiger partial charge in [-0.25, -0.2) is 0 Å². The Hall–Kier alpha value is -1.80. The van der Waals surface area contributed by atoms with E-state index < -0.39 is 5.41 Å². The monoisotopic (exact) mass is 288 g/mol. The molecule has 0 amide bonds. The number of carbonyl (C=O) groups is 1. The first kappa shape index (κ1) is 14.6. The molecule has 2 rings (SSSR count). The van der Waals surface area contributed by atoms with Crippen LogP contribution in [0.25, 0.3) is 0 Å². The van der Waals surface area contributed by atoms with Gasteiger partial charge in [0, 0.05) is 5.02 Å². The molecule has 2 nitrogen and oxygen atoms in total. The molecule has 0 unspecified atom stereocenters. The smallest absolute Gasteiger partial charge is 0.130 e.